The highest BCUT2D eigenvalue weighted by molar-refractivity contribution is 7.20. The smallest absolute Gasteiger partial charge is 0.261 e. The van der Waals surface area contributed by atoms with Gasteiger partial charge in [0.15, 0.2) is 0 Å². The molecule has 0 unspecified atom stereocenters. The SMILES string of the molecule is O=C(NC1CCN(c2ccccn2)CC1)c1cc2cc(F)ccc2s1. The number of hydrogen-bond donors (Lipinski definition) is 1. The number of amides is 1. The third-order valence-electron chi connectivity index (χ3n) is 4.51. The maximum atomic E-state index is 13.3. The number of rotatable bonds is 3. The Morgan fingerprint density at radius 3 is 2.80 bits per heavy atom. The lowest BCUT2D eigenvalue weighted by Crippen LogP contribution is -2.44. The van der Waals surface area contributed by atoms with Crippen LogP contribution in [-0.4, -0.2) is 30.0 Å². The van der Waals surface area contributed by atoms with Crippen LogP contribution < -0.4 is 10.2 Å². The number of anilines is 1. The molecule has 1 saturated heterocycles. The second-order valence-electron chi connectivity index (χ2n) is 6.22. The predicted molar refractivity (Wildman–Crippen MR) is 98.7 cm³/mol. The van der Waals surface area contributed by atoms with Crippen molar-refractivity contribution in [3.05, 3.63) is 59.4 Å². The molecule has 0 spiro atoms. The highest BCUT2D eigenvalue weighted by Gasteiger charge is 2.22. The summed E-state index contributed by atoms with van der Waals surface area (Å²) in [6.07, 6.45) is 3.58. The maximum Gasteiger partial charge on any atom is 0.261 e. The van der Waals surface area contributed by atoms with E-state index in [1.807, 2.05) is 18.2 Å². The molecule has 1 fully saturated rings. The molecular formula is C19H18FN3OS. The summed E-state index contributed by atoms with van der Waals surface area (Å²) in [6, 6.07) is 12.4. The monoisotopic (exact) mass is 355 g/mol. The van der Waals surface area contributed by atoms with Crippen LogP contribution in [-0.2, 0) is 0 Å². The number of nitrogens with one attached hydrogen (secondary N) is 1. The average Bonchev–Trinajstić information content (AvgIpc) is 3.06. The molecule has 6 heteroatoms. The van der Waals surface area contributed by atoms with Crippen molar-refractivity contribution in [3.8, 4) is 0 Å². The van der Waals surface area contributed by atoms with Crippen molar-refractivity contribution in [2.24, 2.45) is 0 Å². The van der Waals surface area contributed by atoms with Gasteiger partial charge in [-0.25, -0.2) is 9.37 Å². The van der Waals surface area contributed by atoms with Gasteiger partial charge in [-0.2, -0.15) is 0 Å². The van der Waals surface area contributed by atoms with Gasteiger partial charge < -0.3 is 10.2 Å². The van der Waals surface area contributed by atoms with Gasteiger partial charge >= 0.3 is 0 Å². The molecule has 1 aliphatic rings. The van der Waals surface area contributed by atoms with E-state index in [-0.39, 0.29) is 17.8 Å². The van der Waals surface area contributed by atoms with Crippen molar-refractivity contribution in [1.29, 1.82) is 0 Å². The molecule has 1 N–H and O–H groups in total. The lowest BCUT2D eigenvalue weighted by molar-refractivity contribution is 0.0935. The van der Waals surface area contributed by atoms with Gasteiger partial charge in [-0.05, 0) is 54.6 Å². The van der Waals surface area contributed by atoms with Crippen molar-refractivity contribution in [2.75, 3.05) is 18.0 Å². The Labute approximate surface area is 149 Å². The quantitative estimate of drug-likeness (QED) is 0.776. The van der Waals surface area contributed by atoms with Crippen LogP contribution in [0, 0.1) is 5.82 Å². The number of fused-ring (bicyclic) bond motifs is 1. The lowest BCUT2D eigenvalue weighted by atomic mass is 10.0. The van der Waals surface area contributed by atoms with Crippen molar-refractivity contribution in [3.63, 3.8) is 0 Å². The molecule has 0 bridgehead atoms. The van der Waals surface area contributed by atoms with Crippen LogP contribution >= 0.6 is 11.3 Å². The van der Waals surface area contributed by atoms with Gasteiger partial charge in [0.1, 0.15) is 11.6 Å². The number of pyridine rings is 1. The molecule has 128 valence electrons. The first-order chi connectivity index (χ1) is 12.2. The Morgan fingerprint density at radius 1 is 1.20 bits per heavy atom. The molecule has 4 nitrogen and oxygen atoms in total. The van der Waals surface area contributed by atoms with Crippen LogP contribution in [0.2, 0.25) is 0 Å². The number of piperidine rings is 1. The number of carbonyl (C=O) groups is 1. The molecule has 3 aromatic rings. The molecular weight excluding hydrogens is 337 g/mol. The lowest BCUT2D eigenvalue weighted by Gasteiger charge is -2.33. The van der Waals surface area contributed by atoms with Crippen LogP contribution in [0.25, 0.3) is 10.1 Å². The molecule has 0 saturated carbocycles. The number of halogens is 1. The van der Waals surface area contributed by atoms with E-state index >= 15 is 0 Å². The van der Waals surface area contributed by atoms with Gasteiger partial charge in [0.05, 0.1) is 4.88 Å². The Kier molecular flexibility index (Phi) is 4.36. The molecule has 1 aliphatic heterocycles. The largest absolute Gasteiger partial charge is 0.356 e. The van der Waals surface area contributed by atoms with E-state index in [4.69, 9.17) is 0 Å². The summed E-state index contributed by atoms with van der Waals surface area (Å²) in [6.45, 7) is 1.75. The zero-order chi connectivity index (χ0) is 17.2. The zero-order valence-electron chi connectivity index (χ0n) is 13.6. The van der Waals surface area contributed by atoms with Gasteiger partial charge in [0.2, 0.25) is 0 Å². The summed E-state index contributed by atoms with van der Waals surface area (Å²) in [4.78, 5) is 19.7. The number of aromatic nitrogens is 1. The van der Waals surface area contributed by atoms with E-state index in [0.717, 1.165) is 41.8 Å². The van der Waals surface area contributed by atoms with E-state index in [1.54, 1.807) is 18.3 Å². The molecule has 2 aromatic heterocycles. The Balaban J connectivity index is 1.38. The van der Waals surface area contributed by atoms with Gasteiger partial charge in [0.25, 0.3) is 5.91 Å². The van der Waals surface area contributed by atoms with E-state index in [0.29, 0.717) is 4.88 Å². The maximum absolute atomic E-state index is 13.3. The third-order valence-corrected chi connectivity index (χ3v) is 5.62. The number of carbonyl (C=O) groups excluding carboxylic acids is 1. The second kappa shape index (κ2) is 6.80. The fourth-order valence-corrected chi connectivity index (χ4v) is 4.12. The molecule has 1 aromatic carbocycles. The van der Waals surface area contributed by atoms with Crippen molar-refractivity contribution in [1.82, 2.24) is 10.3 Å². The normalized spacial score (nSPS) is 15.5. The Bertz CT molecular complexity index is 888. The highest BCUT2D eigenvalue weighted by Crippen LogP contribution is 2.26. The van der Waals surface area contributed by atoms with E-state index in [9.17, 15) is 9.18 Å². The van der Waals surface area contributed by atoms with Gasteiger partial charge in [-0.3, -0.25) is 4.79 Å². The highest BCUT2D eigenvalue weighted by atomic mass is 32.1. The zero-order valence-corrected chi connectivity index (χ0v) is 14.4. The number of benzene rings is 1. The summed E-state index contributed by atoms with van der Waals surface area (Å²) in [5.74, 6) is 0.635. The molecule has 25 heavy (non-hydrogen) atoms. The number of nitrogens with zero attached hydrogens (tertiary/aromatic N) is 2. The van der Waals surface area contributed by atoms with Gasteiger partial charge in [-0.15, -0.1) is 11.3 Å². The Morgan fingerprint density at radius 2 is 2.04 bits per heavy atom. The molecule has 4 rings (SSSR count). The first-order valence-electron chi connectivity index (χ1n) is 8.35. The van der Waals surface area contributed by atoms with Crippen molar-refractivity contribution >= 4 is 33.1 Å². The summed E-state index contributed by atoms with van der Waals surface area (Å²) in [5.41, 5.74) is 0. The summed E-state index contributed by atoms with van der Waals surface area (Å²) in [5, 5.41) is 3.89. The van der Waals surface area contributed by atoms with E-state index in [2.05, 4.69) is 15.2 Å². The second-order valence-corrected chi connectivity index (χ2v) is 7.30. The predicted octanol–water partition coefficient (Wildman–Crippen LogP) is 3.83. The van der Waals surface area contributed by atoms with Crippen LogP contribution in [0.1, 0.15) is 22.5 Å². The van der Waals surface area contributed by atoms with E-state index < -0.39 is 0 Å². The molecule has 0 radical (unpaired) electrons. The minimum atomic E-state index is -0.279. The van der Waals surface area contributed by atoms with E-state index in [1.165, 1.54) is 23.5 Å². The summed E-state index contributed by atoms with van der Waals surface area (Å²) in [7, 11) is 0. The minimum absolute atomic E-state index is 0.0714. The molecule has 1 amide bonds. The van der Waals surface area contributed by atoms with Gasteiger partial charge in [0, 0.05) is 30.0 Å². The first-order valence-corrected chi connectivity index (χ1v) is 9.16. The first kappa shape index (κ1) is 16.0. The van der Waals surface area contributed by atoms with Crippen LogP contribution in [0.4, 0.5) is 10.2 Å². The minimum Gasteiger partial charge on any atom is -0.356 e. The summed E-state index contributed by atoms with van der Waals surface area (Å²) < 4.78 is 14.2. The third kappa shape index (κ3) is 3.49. The van der Waals surface area contributed by atoms with Crippen LogP contribution in [0.3, 0.4) is 0 Å². The Hall–Kier alpha value is -2.47. The topological polar surface area (TPSA) is 45.2 Å². The standard InChI is InChI=1S/C19H18FN3OS/c20-14-4-5-16-13(11-14)12-17(25-16)19(24)22-15-6-9-23(10-7-15)18-3-1-2-8-21-18/h1-5,8,11-12,15H,6-7,9-10H2,(H,22,24). The number of hydrogen-bond acceptors (Lipinski definition) is 4. The summed E-state index contributed by atoms with van der Waals surface area (Å²) >= 11 is 1.40. The fourth-order valence-electron chi connectivity index (χ4n) is 3.18. The molecule has 3 heterocycles. The fraction of sp³-hybridized carbons (Fsp3) is 0.263. The molecule has 0 aliphatic carbocycles. The van der Waals surface area contributed by atoms with Crippen LogP contribution in [0.15, 0.2) is 48.7 Å². The number of thiophene rings is 1. The van der Waals surface area contributed by atoms with Crippen molar-refractivity contribution in [2.45, 2.75) is 18.9 Å². The average molecular weight is 355 g/mol. The van der Waals surface area contributed by atoms with Crippen LogP contribution in [0.5, 0.6) is 0 Å². The van der Waals surface area contributed by atoms with Crippen molar-refractivity contribution < 1.29 is 9.18 Å². The molecule has 0 atom stereocenters. The van der Waals surface area contributed by atoms with Gasteiger partial charge in [-0.1, -0.05) is 6.07 Å².